The second-order valence-electron chi connectivity index (χ2n) is 3.27. The van der Waals surface area contributed by atoms with Crippen molar-refractivity contribution in [3.63, 3.8) is 0 Å². The van der Waals surface area contributed by atoms with Crippen molar-refractivity contribution in [2.24, 2.45) is 0 Å². The van der Waals surface area contributed by atoms with Crippen LogP contribution in [0.1, 0.15) is 6.92 Å². The molecule has 0 aliphatic rings. The van der Waals surface area contributed by atoms with Crippen LogP contribution in [0.25, 0.3) is 0 Å². The molecular formula is C11H12Cl2O3S. The zero-order chi connectivity index (χ0) is 12.8. The molecule has 0 saturated heterocycles. The molecule has 17 heavy (non-hydrogen) atoms. The van der Waals surface area contributed by atoms with Gasteiger partial charge in [-0.15, -0.1) is 11.8 Å². The maximum Gasteiger partial charge on any atom is 0.332 e. The average Bonchev–Trinajstić information content (AvgIpc) is 2.28. The van der Waals surface area contributed by atoms with Crippen LogP contribution in [0.2, 0.25) is 10.0 Å². The first-order valence-corrected chi connectivity index (χ1v) is 6.67. The van der Waals surface area contributed by atoms with Gasteiger partial charge in [-0.05, 0) is 25.1 Å². The highest BCUT2D eigenvalue weighted by molar-refractivity contribution is 7.99. The van der Waals surface area contributed by atoms with Gasteiger partial charge in [0.25, 0.3) is 0 Å². The topological polar surface area (TPSA) is 46.5 Å². The van der Waals surface area contributed by atoms with Crippen LogP contribution < -0.4 is 0 Å². The third-order valence-corrected chi connectivity index (χ3v) is 3.65. The summed E-state index contributed by atoms with van der Waals surface area (Å²) < 4.78 is 5.10. The van der Waals surface area contributed by atoms with Gasteiger partial charge in [0, 0.05) is 15.7 Å². The highest BCUT2D eigenvalue weighted by Crippen LogP contribution is 2.29. The van der Waals surface area contributed by atoms with Crippen LogP contribution in [0.15, 0.2) is 23.1 Å². The fraction of sp³-hybridized carbons (Fsp3) is 0.364. The van der Waals surface area contributed by atoms with E-state index in [4.69, 9.17) is 33.0 Å². The smallest absolute Gasteiger partial charge is 0.332 e. The molecular weight excluding hydrogens is 283 g/mol. The highest BCUT2D eigenvalue weighted by Gasteiger charge is 2.10. The van der Waals surface area contributed by atoms with E-state index in [1.807, 2.05) is 0 Å². The Bertz CT molecular complexity index is 398. The third-order valence-electron chi connectivity index (χ3n) is 1.95. The Labute approximate surface area is 114 Å². The second-order valence-corrected chi connectivity index (χ2v) is 5.25. The van der Waals surface area contributed by atoms with Gasteiger partial charge in [-0.3, -0.25) is 0 Å². The van der Waals surface area contributed by atoms with Gasteiger partial charge in [0.1, 0.15) is 0 Å². The van der Waals surface area contributed by atoms with E-state index in [1.54, 1.807) is 18.2 Å². The number of hydrogen-bond donors (Lipinski definition) is 1. The molecule has 94 valence electrons. The molecule has 0 amide bonds. The molecule has 0 radical (unpaired) electrons. The van der Waals surface area contributed by atoms with Crippen molar-refractivity contribution in [2.75, 3.05) is 12.4 Å². The van der Waals surface area contributed by atoms with Crippen LogP contribution in [-0.4, -0.2) is 29.5 Å². The summed E-state index contributed by atoms with van der Waals surface area (Å²) in [5.41, 5.74) is 0. The molecule has 1 N–H and O–H groups in total. The van der Waals surface area contributed by atoms with E-state index in [2.05, 4.69) is 0 Å². The summed E-state index contributed by atoms with van der Waals surface area (Å²) in [6.07, 6.45) is -0.787. The number of aliphatic carboxylic acids is 1. The minimum atomic E-state index is -0.962. The lowest BCUT2D eigenvalue weighted by molar-refractivity contribution is -0.148. The first kappa shape index (κ1) is 14.6. The van der Waals surface area contributed by atoms with Crippen molar-refractivity contribution < 1.29 is 14.6 Å². The summed E-state index contributed by atoms with van der Waals surface area (Å²) in [5, 5.41) is 9.86. The Morgan fingerprint density at radius 2 is 2.24 bits per heavy atom. The Balaban J connectivity index is 2.36. The molecule has 1 aromatic carbocycles. The average molecular weight is 295 g/mol. The van der Waals surface area contributed by atoms with Crippen LogP contribution in [-0.2, 0) is 9.53 Å². The van der Waals surface area contributed by atoms with Gasteiger partial charge in [-0.25, -0.2) is 4.79 Å². The fourth-order valence-electron chi connectivity index (χ4n) is 1.04. The van der Waals surface area contributed by atoms with Crippen molar-refractivity contribution in [1.29, 1.82) is 0 Å². The molecule has 0 aliphatic carbocycles. The molecule has 0 bridgehead atoms. The lowest BCUT2D eigenvalue weighted by atomic mass is 10.4. The zero-order valence-electron chi connectivity index (χ0n) is 9.15. The van der Waals surface area contributed by atoms with Crippen molar-refractivity contribution in [2.45, 2.75) is 17.9 Å². The minimum absolute atomic E-state index is 0.348. The van der Waals surface area contributed by atoms with E-state index in [0.29, 0.717) is 22.4 Å². The van der Waals surface area contributed by atoms with Crippen LogP contribution in [0.5, 0.6) is 0 Å². The number of carboxylic acids is 1. The number of hydrogen-bond acceptors (Lipinski definition) is 3. The van der Waals surface area contributed by atoms with Gasteiger partial charge >= 0.3 is 5.97 Å². The van der Waals surface area contributed by atoms with Gasteiger partial charge < -0.3 is 9.84 Å². The van der Waals surface area contributed by atoms with Gasteiger partial charge in [0.15, 0.2) is 6.10 Å². The number of benzene rings is 1. The number of carboxylic acid groups (broad SMARTS) is 1. The molecule has 1 rings (SSSR count). The number of rotatable bonds is 6. The molecule has 0 unspecified atom stereocenters. The maximum atomic E-state index is 10.5. The van der Waals surface area contributed by atoms with Crippen molar-refractivity contribution >= 4 is 40.9 Å². The molecule has 0 saturated carbocycles. The van der Waals surface area contributed by atoms with Gasteiger partial charge in [0.05, 0.1) is 11.6 Å². The molecule has 0 heterocycles. The molecule has 6 heteroatoms. The van der Waals surface area contributed by atoms with Gasteiger partial charge in [0.2, 0.25) is 0 Å². The Morgan fingerprint density at radius 1 is 1.53 bits per heavy atom. The Morgan fingerprint density at radius 3 is 2.88 bits per heavy atom. The van der Waals surface area contributed by atoms with E-state index in [9.17, 15) is 4.79 Å². The molecule has 3 nitrogen and oxygen atoms in total. The molecule has 0 fully saturated rings. The summed E-state index contributed by atoms with van der Waals surface area (Å²) >= 11 is 13.3. The molecule has 1 atom stereocenters. The molecule has 1 aromatic rings. The predicted molar refractivity (Wildman–Crippen MR) is 70.2 cm³/mol. The Hall–Kier alpha value is -0.420. The van der Waals surface area contributed by atoms with Crippen molar-refractivity contribution in [3.8, 4) is 0 Å². The molecule has 0 aromatic heterocycles. The van der Waals surface area contributed by atoms with E-state index >= 15 is 0 Å². The summed E-state index contributed by atoms with van der Waals surface area (Å²) in [6, 6.07) is 5.22. The van der Waals surface area contributed by atoms with Crippen LogP contribution in [0, 0.1) is 0 Å². The zero-order valence-corrected chi connectivity index (χ0v) is 11.5. The van der Waals surface area contributed by atoms with Crippen LogP contribution >= 0.6 is 35.0 Å². The number of carbonyl (C=O) groups is 1. The van der Waals surface area contributed by atoms with E-state index in [1.165, 1.54) is 18.7 Å². The van der Waals surface area contributed by atoms with Crippen molar-refractivity contribution in [1.82, 2.24) is 0 Å². The van der Waals surface area contributed by atoms with Crippen LogP contribution in [0.4, 0.5) is 0 Å². The quantitative estimate of drug-likeness (QED) is 0.643. The minimum Gasteiger partial charge on any atom is -0.479 e. The molecule has 0 spiro atoms. The maximum absolute atomic E-state index is 10.5. The first-order chi connectivity index (χ1) is 8.00. The largest absolute Gasteiger partial charge is 0.479 e. The predicted octanol–water partition coefficient (Wildman–Crippen LogP) is 3.58. The normalized spacial score (nSPS) is 12.4. The number of thioether (sulfide) groups is 1. The Kier molecular flexibility index (Phi) is 6.12. The lowest BCUT2D eigenvalue weighted by Gasteiger charge is -2.08. The van der Waals surface area contributed by atoms with Crippen LogP contribution in [0.3, 0.4) is 0 Å². The first-order valence-electron chi connectivity index (χ1n) is 4.93. The second kappa shape index (κ2) is 7.11. The van der Waals surface area contributed by atoms with Crippen molar-refractivity contribution in [3.05, 3.63) is 28.2 Å². The summed E-state index contributed by atoms with van der Waals surface area (Å²) in [7, 11) is 0. The lowest BCUT2D eigenvalue weighted by Crippen LogP contribution is -2.20. The van der Waals surface area contributed by atoms with Gasteiger partial charge in [-0.1, -0.05) is 23.2 Å². The SMILES string of the molecule is C[C@H](OCCSc1cc(Cl)ccc1Cl)C(=O)O. The van der Waals surface area contributed by atoms with E-state index < -0.39 is 12.1 Å². The molecule has 0 aliphatic heterocycles. The van der Waals surface area contributed by atoms with E-state index in [0.717, 1.165) is 4.90 Å². The summed E-state index contributed by atoms with van der Waals surface area (Å²) in [5.74, 6) is -0.340. The third kappa shape index (κ3) is 5.17. The number of halogens is 2. The fourth-order valence-corrected chi connectivity index (χ4v) is 2.37. The standard InChI is InChI=1S/C11H12Cl2O3S/c1-7(11(14)15)16-4-5-17-10-6-8(12)2-3-9(10)13/h2-3,6-7H,4-5H2,1H3,(H,14,15)/t7-/m0/s1. The highest BCUT2D eigenvalue weighted by atomic mass is 35.5. The van der Waals surface area contributed by atoms with Gasteiger partial charge in [-0.2, -0.15) is 0 Å². The summed E-state index contributed by atoms with van der Waals surface area (Å²) in [6.45, 7) is 1.85. The number of ether oxygens (including phenoxy) is 1. The van der Waals surface area contributed by atoms with E-state index in [-0.39, 0.29) is 0 Å². The summed E-state index contributed by atoms with van der Waals surface area (Å²) in [4.78, 5) is 11.4. The monoisotopic (exact) mass is 294 g/mol.